The first-order chi connectivity index (χ1) is 7.68. The normalized spacial score (nSPS) is 12.7. The van der Waals surface area contributed by atoms with Gasteiger partial charge in [0.1, 0.15) is 0 Å². The van der Waals surface area contributed by atoms with Gasteiger partial charge in [-0.05, 0) is 46.5 Å². The molecule has 0 aliphatic heterocycles. The van der Waals surface area contributed by atoms with Gasteiger partial charge in [-0.25, -0.2) is 0 Å². The molecular weight excluding hydrogens is 287 g/mol. The molecule has 0 fully saturated rings. The molecule has 0 spiro atoms. The summed E-state index contributed by atoms with van der Waals surface area (Å²) in [5.74, 6) is 0. The first-order valence-electron chi connectivity index (χ1n) is 5.10. The molecule has 1 heterocycles. The van der Waals surface area contributed by atoms with Gasteiger partial charge in [0.25, 0.3) is 0 Å². The van der Waals surface area contributed by atoms with E-state index in [1.807, 2.05) is 18.2 Å². The first kappa shape index (κ1) is 11.7. The summed E-state index contributed by atoms with van der Waals surface area (Å²) >= 11 is 9.72. The van der Waals surface area contributed by atoms with Crippen LogP contribution in [-0.4, -0.2) is 0 Å². The number of hydrogen-bond acceptors (Lipinski definition) is 1. The van der Waals surface area contributed by atoms with Crippen molar-refractivity contribution in [3.63, 3.8) is 0 Å². The van der Waals surface area contributed by atoms with Gasteiger partial charge in [-0.1, -0.05) is 24.3 Å². The fourth-order valence-electron chi connectivity index (χ4n) is 1.67. The molecule has 2 aromatic rings. The Morgan fingerprint density at radius 3 is 2.69 bits per heavy atom. The van der Waals surface area contributed by atoms with Crippen molar-refractivity contribution >= 4 is 27.5 Å². The van der Waals surface area contributed by atoms with Crippen molar-refractivity contribution in [3.05, 3.63) is 58.0 Å². The monoisotopic (exact) mass is 298 g/mol. The molecule has 1 aromatic heterocycles. The van der Waals surface area contributed by atoms with Gasteiger partial charge in [0.2, 0.25) is 0 Å². The number of aryl methyl sites for hydroxylation is 1. The SMILES string of the molecule is Cc1ccccc1CC(Cl)c1ccoc1Br. The van der Waals surface area contributed by atoms with Crippen LogP contribution in [0.4, 0.5) is 0 Å². The lowest BCUT2D eigenvalue weighted by Crippen LogP contribution is -1.97. The fourth-order valence-corrected chi connectivity index (χ4v) is 2.66. The lowest BCUT2D eigenvalue weighted by molar-refractivity contribution is 0.536. The molecule has 0 aliphatic rings. The van der Waals surface area contributed by atoms with Crippen LogP contribution in [0.1, 0.15) is 22.1 Å². The van der Waals surface area contributed by atoms with Gasteiger partial charge >= 0.3 is 0 Å². The minimum absolute atomic E-state index is 0.0609. The molecule has 1 aromatic carbocycles. The summed E-state index contributed by atoms with van der Waals surface area (Å²) in [5, 5.41) is -0.0609. The number of hydrogen-bond donors (Lipinski definition) is 0. The second-order valence-electron chi connectivity index (χ2n) is 3.75. The third kappa shape index (κ3) is 2.50. The summed E-state index contributed by atoms with van der Waals surface area (Å²) in [6, 6.07) is 10.2. The lowest BCUT2D eigenvalue weighted by Gasteiger charge is -2.10. The Morgan fingerprint density at radius 2 is 2.06 bits per heavy atom. The van der Waals surface area contributed by atoms with Gasteiger partial charge in [0.05, 0.1) is 11.6 Å². The van der Waals surface area contributed by atoms with Crippen LogP contribution in [0.15, 0.2) is 45.7 Å². The van der Waals surface area contributed by atoms with Crippen molar-refractivity contribution in [2.75, 3.05) is 0 Å². The highest BCUT2D eigenvalue weighted by Gasteiger charge is 2.15. The van der Waals surface area contributed by atoms with E-state index < -0.39 is 0 Å². The maximum atomic E-state index is 6.37. The van der Waals surface area contributed by atoms with E-state index >= 15 is 0 Å². The first-order valence-corrected chi connectivity index (χ1v) is 6.33. The Labute approximate surface area is 109 Å². The number of furan rings is 1. The zero-order chi connectivity index (χ0) is 11.5. The van der Waals surface area contributed by atoms with Crippen LogP contribution >= 0.6 is 27.5 Å². The maximum Gasteiger partial charge on any atom is 0.173 e. The van der Waals surface area contributed by atoms with E-state index in [1.165, 1.54) is 11.1 Å². The van der Waals surface area contributed by atoms with Crippen molar-refractivity contribution in [2.24, 2.45) is 0 Å². The van der Waals surface area contributed by atoms with Gasteiger partial charge in [-0.15, -0.1) is 11.6 Å². The van der Waals surface area contributed by atoms with Gasteiger partial charge < -0.3 is 4.42 Å². The molecule has 16 heavy (non-hydrogen) atoms. The van der Waals surface area contributed by atoms with Crippen LogP contribution in [0.25, 0.3) is 0 Å². The zero-order valence-corrected chi connectivity index (χ0v) is 11.3. The summed E-state index contributed by atoms with van der Waals surface area (Å²) in [4.78, 5) is 0. The van der Waals surface area contributed by atoms with E-state index in [9.17, 15) is 0 Å². The largest absolute Gasteiger partial charge is 0.457 e. The number of benzene rings is 1. The lowest BCUT2D eigenvalue weighted by atomic mass is 10.0. The minimum Gasteiger partial charge on any atom is -0.457 e. The minimum atomic E-state index is -0.0609. The van der Waals surface area contributed by atoms with Crippen molar-refractivity contribution in [2.45, 2.75) is 18.7 Å². The van der Waals surface area contributed by atoms with Gasteiger partial charge in [-0.3, -0.25) is 0 Å². The number of rotatable bonds is 3. The predicted octanol–water partition coefficient (Wildman–Crippen LogP) is 4.87. The van der Waals surface area contributed by atoms with Crippen molar-refractivity contribution in [3.8, 4) is 0 Å². The Morgan fingerprint density at radius 1 is 1.31 bits per heavy atom. The molecule has 1 nitrogen and oxygen atoms in total. The Hall–Kier alpha value is -0.730. The average molecular weight is 300 g/mol. The second kappa shape index (κ2) is 5.07. The van der Waals surface area contributed by atoms with E-state index in [4.69, 9.17) is 16.0 Å². The third-order valence-corrected chi connectivity index (χ3v) is 3.68. The van der Waals surface area contributed by atoms with Crippen molar-refractivity contribution in [1.29, 1.82) is 0 Å². The highest BCUT2D eigenvalue weighted by atomic mass is 79.9. The molecule has 84 valence electrons. The predicted molar refractivity (Wildman–Crippen MR) is 69.9 cm³/mol. The van der Waals surface area contributed by atoms with Crippen molar-refractivity contribution < 1.29 is 4.42 Å². The maximum absolute atomic E-state index is 6.37. The topological polar surface area (TPSA) is 13.1 Å². The molecule has 3 heteroatoms. The molecule has 1 unspecified atom stereocenters. The van der Waals surface area contributed by atoms with Crippen LogP contribution in [0.2, 0.25) is 0 Å². The van der Waals surface area contributed by atoms with Crippen LogP contribution in [-0.2, 0) is 6.42 Å². The smallest absolute Gasteiger partial charge is 0.173 e. The molecule has 1 atom stereocenters. The number of halogens is 2. The quantitative estimate of drug-likeness (QED) is 0.737. The van der Waals surface area contributed by atoms with Crippen LogP contribution in [0.3, 0.4) is 0 Å². The molecular formula is C13H12BrClO. The van der Waals surface area contributed by atoms with E-state index in [0.717, 1.165) is 16.7 Å². The van der Waals surface area contributed by atoms with Crippen LogP contribution in [0, 0.1) is 6.92 Å². The molecule has 0 radical (unpaired) electrons. The van der Waals surface area contributed by atoms with Crippen LogP contribution < -0.4 is 0 Å². The Balaban J connectivity index is 2.17. The summed E-state index contributed by atoms with van der Waals surface area (Å²) in [6.07, 6.45) is 2.46. The van der Waals surface area contributed by atoms with E-state index in [1.54, 1.807) is 6.26 Å². The van der Waals surface area contributed by atoms with Gasteiger partial charge in [-0.2, -0.15) is 0 Å². The fraction of sp³-hybridized carbons (Fsp3) is 0.231. The summed E-state index contributed by atoms with van der Waals surface area (Å²) < 4.78 is 5.91. The zero-order valence-electron chi connectivity index (χ0n) is 8.91. The van der Waals surface area contributed by atoms with Gasteiger partial charge in [0, 0.05) is 5.56 Å². The summed E-state index contributed by atoms with van der Waals surface area (Å²) in [5.41, 5.74) is 3.55. The molecule has 0 aliphatic carbocycles. The van der Waals surface area contributed by atoms with E-state index in [0.29, 0.717) is 0 Å². The highest BCUT2D eigenvalue weighted by Crippen LogP contribution is 2.32. The Bertz CT molecular complexity index is 478. The van der Waals surface area contributed by atoms with Gasteiger partial charge in [0.15, 0.2) is 4.67 Å². The molecule has 0 N–H and O–H groups in total. The number of alkyl halides is 1. The highest BCUT2D eigenvalue weighted by molar-refractivity contribution is 9.10. The second-order valence-corrected chi connectivity index (χ2v) is 4.99. The average Bonchev–Trinajstić information content (AvgIpc) is 2.68. The standard InChI is InChI=1S/C13H12BrClO/c1-9-4-2-3-5-10(9)8-12(15)11-6-7-16-13(11)14/h2-7,12H,8H2,1H3. The molecule has 0 amide bonds. The van der Waals surface area contributed by atoms with Crippen LogP contribution in [0.5, 0.6) is 0 Å². The summed E-state index contributed by atoms with van der Waals surface area (Å²) in [6.45, 7) is 2.10. The Kier molecular flexibility index (Phi) is 3.72. The van der Waals surface area contributed by atoms with E-state index in [-0.39, 0.29) is 5.38 Å². The summed E-state index contributed by atoms with van der Waals surface area (Å²) in [7, 11) is 0. The molecule has 0 saturated carbocycles. The van der Waals surface area contributed by atoms with E-state index in [2.05, 4.69) is 35.0 Å². The molecule has 2 rings (SSSR count). The third-order valence-electron chi connectivity index (χ3n) is 2.64. The van der Waals surface area contributed by atoms with Crippen molar-refractivity contribution in [1.82, 2.24) is 0 Å². The molecule has 0 saturated heterocycles. The molecule has 0 bridgehead atoms.